The number of rotatable bonds is 5. The standard InChI is InChI=1S/C9H8F6N4O3/c10-8(11,12)1-6(7(20)16-4-9(13,14)15)18-3-5(2-17-18)19(21)22/h2-3,6H,1,4H2,(H,16,20). The molecular formula is C9H8F6N4O3. The topological polar surface area (TPSA) is 90.1 Å². The van der Waals surface area contributed by atoms with Crippen LogP contribution in [0.3, 0.4) is 0 Å². The van der Waals surface area contributed by atoms with Crippen molar-refractivity contribution in [1.29, 1.82) is 0 Å². The van der Waals surface area contributed by atoms with E-state index in [4.69, 9.17) is 0 Å². The van der Waals surface area contributed by atoms with Crippen LogP contribution in [0, 0.1) is 10.1 Å². The Morgan fingerprint density at radius 2 is 1.91 bits per heavy atom. The fraction of sp³-hybridized carbons (Fsp3) is 0.556. The zero-order valence-corrected chi connectivity index (χ0v) is 10.5. The fourth-order valence-electron chi connectivity index (χ4n) is 1.42. The van der Waals surface area contributed by atoms with Crippen LogP contribution >= 0.6 is 0 Å². The molecule has 1 aromatic heterocycles. The summed E-state index contributed by atoms with van der Waals surface area (Å²) in [6.07, 6.45) is -10.4. The van der Waals surface area contributed by atoms with Gasteiger partial charge in [-0.3, -0.25) is 19.6 Å². The lowest BCUT2D eigenvalue weighted by atomic mass is 10.2. The zero-order chi connectivity index (χ0) is 17.1. The number of hydrogen-bond acceptors (Lipinski definition) is 4. The fourth-order valence-corrected chi connectivity index (χ4v) is 1.42. The van der Waals surface area contributed by atoms with Crippen LogP contribution in [0.25, 0.3) is 0 Å². The van der Waals surface area contributed by atoms with Crippen LogP contribution in [0.15, 0.2) is 12.4 Å². The normalized spacial score (nSPS) is 13.7. The SMILES string of the molecule is O=C(NCC(F)(F)F)C(CC(F)(F)F)n1cc([N+](=O)[O-])cn1. The monoisotopic (exact) mass is 334 g/mol. The zero-order valence-electron chi connectivity index (χ0n) is 10.5. The summed E-state index contributed by atoms with van der Waals surface area (Å²) >= 11 is 0. The van der Waals surface area contributed by atoms with E-state index in [1.165, 1.54) is 5.32 Å². The Balaban J connectivity index is 2.96. The molecule has 0 aromatic carbocycles. The second kappa shape index (κ2) is 6.19. The summed E-state index contributed by atoms with van der Waals surface area (Å²) in [4.78, 5) is 21.0. The predicted molar refractivity (Wildman–Crippen MR) is 57.7 cm³/mol. The van der Waals surface area contributed by atoms with Gasteiger partial charge in [0, 0.05) is 0 Å². The molecule has 1 heterocycles. The summed E-state index contributed by atoms with van der Waals surface area (Å²) < 4.78 is 73.5. The number of alkyl halides is 6. The van der Waals surface area contributed by atoms with Crippen molar-refractivity contribution in [3.63, 3.8) is 0 Å². The van der Waals surface area contributed by atoms with Gasteiger partial charge in [0.05, 0.1) is 11.3 Å². The van der Waals surface area contributed by atoms with Crippen molar-refractivity contribution in [1.82, 2.24) is 15.1 Å². The molecule has 22 heavy (non-hydrogen) atoms. The second-order valence-electron chi connectivity index (χ2n) is 4.10. The molecule has 0 aliphatic heterocycles. The van der Waals surface area contributed by atoms with Gasteiger partial charge in [-0.05, 0) is 0 Å². The molecule has 0 spiro atoms. The van der Waals surface area contributed by atoms with Crippen LogP contribution in [0.5, 0.6) is 0 Å². The van der Waals surface area contributed by atoms with Crippen LogP contribution in [-0.4, -0.2) is 39.5 Å². The Morgan fingerprint density at radius 1 is 1.32 bits per heavy atom. The maximum atomic E-state index is 12.4. The van der Waals surface area contributed by atoms with Gasteiger partial charge in [-0.1, -0.05) is 0 Å². The minimum Gasteiger partial charge on any atom is -0.345 e. The lowest BCUT2D eigenvalue weighted by Crippen LogP contribution is -2.40. The smallest absolute Gasteiger partial charge is 0.345 e. The largest absolute Gasteiger partial charge is 0.405 e. The molecule has 1 rings (SSSR count). The number of carbonyl (C=O) groups is 1. The first kappa shape index (κ1) is 17.7. The third-order valence-corrected chi connectivity index (χ3v) is 2.31. The highest BCUT2D eigenvalue weighted by atomic mass is 19.4. The van der Waals surface area contributed by atoms with Gasteiger partial charge in [0.1, 0.15) is 25.0 Å². The number of nitro groups is 1. The molecule has 0 aliphatic carbocycles. The van der Waals surface area contributed by atoms with Crippen LogP contribution in [0.4, 0.5) is 32.0 Å². The van der Waals surface area contributed by atoms with Gasteiger partial charge in [-0.25, -0.2) is 0 Å². The van der Waals surface area contributed by atoms with E-state index in [9.17, 15) is 41.3 Å². The quantitative estimate of drug-likeness (QED) is 0.506. The van der Waals surface area contributed by atoms with Gasteiger partial charge < -0.3 is 5.32 Å². The molecule has 0 aliphatic rings. The van der Waals surface area contributed by atoms with Crippen molar-refractivity contribution in [2.75, 3.05) is 6.54 Å². The summed E-state index contributed by atoms with van der Waals surface area (Å²) in [5.74, 6) is -1.60. The molecule has 1 atom stereocenters. The van der Waals surface area contributed by atoms with Gasteiger partial charge in [0.2, 0.25) is 5.91 Å². The number of hydrogen-bond donors (Lipinski definition) is 1. The van der Waals surface area contributed by atoms with Gasteiger partial charge in [0.25, 0.3) is 0 Å². The van der Waals surface area contributed by atoms with Crippen molar-refractivity contribution >= 4 is 11.6 Å². The Hall–Kier alpha value is -2.34. The van der Waals surface area contributed by atoms with E-state index >= 15 is 0 Å². The number of nitrogens with one attached hydrogen (secondary N) is 1. The Labute approximate surface area is 118 Å². The molecule has 1 N–H and O–H groups in total. The van der Waals surface area contributed by atoms with Crippen LogP contribution in [0.1, 0.15) is 12.5 Å². The molecule has 1 amide bonds. The molecule has 1 unspecified atom stereocenters. The number of aromatic nitrogens is 2. The average molecular weight is 334 g/mol. The second-order valence-corrected chi connectivity index (χ2v) is 4.10. The van der Waals surface area contributed by atoms with Crippen molar-refractivity contribution in [2.45, 2.75) is 24.8 Å². The number of amides is 1. The number of nitrogens with zero attached hydrogens (tertiary/aromatic N) is 3. The van der Waals surface area contributed by atoms with Gasteiger partial charge >= 0.3 is 18.0 Å². The maximum absolute atomic E-state index is 12.4. The Kier molecular flexibility index (Phi) is 4.98. The van der Waals surface area contributed by atoms with E-state index in [2.05, 4.69) is 5.10 Å². The number of carbonyl (C=O) groups excluding carboxylic acids is 1. The third-order valence-electron chi connectivity index (χ3n) is 2.31. The highest BCUT2D eigenvalue weighted by Crippen LogP contribution is 2.28. The van der Waals surface area contributed by atoms with Crippen LogP contribution in [0.2, 0.25) is 0 Å². The number of halogens is 6. The average Bonchev–Trinajstić information content (AvgIpc) is 2.80. The predicted octanol–water partition coefficient (Wildman–Crippen LogP) is 1.96. The van der Waals surface area contributed by atoms with Crippen molar-refractivity contribution in [3.05, 3.63) is 22.5 Å². The summed E-state index contributed by atoms with van der Waals surface area (Å²) in [6.45, 7) is -1.83. The summed E-state index contributed by atoms with van der Waals surface area (Å²) in [5, 5.41) is 14.9. The van der Waals surface area contributed by atoms with E-state index in [0.29, 0.717) is 17.1 Å². The van der Waals surface area contributed by atoms with Crippen LogP contribution < -0.4 is 5.32 Å². The maximum Gasteiger partial charge on any atom is 0.405 e. The molecule has 0 saturated carbocycles. The van der Waals surface area contributed by atoms with Crippen LogP contribution in [-0.2, 0) is 4.79 Å². The molecule has 0 saturated heterocycles. The Morgan fingerprint density at radius 3 is 2.32 bits per heavy atom. The Bertz CT molecular complexity index is 552. The molecular weight excluding hydrogens is 326 g/mol. The van der Waals surface area contributed by atoms with E-state index in [-0.39, 0.29) is 0 Å². The highest BCUT2D eigenvalue weighted by Gasteiger charge is 2.38. The van der Waals surface area contributed by atoms with Gasteiger partial charge in [-0.15, -0.1) is 0 Å². The minimum absolute atomic E-state index is 0.303. The van der Waals surface area contributed by atoms with E-state index in [1.807, 2.05) is 0 Å². The lowest BCUT2D eigenvalue weighted by Gasteiger charge is -2.19. The molecule has 0 radical (unpaired) electrons. The van der Waals surface area contributed by atoms with E-state index < -0.39 is 47.9 Å². The molecule has 1 aromatic rings. The van der Waals surface area contributed by atoms with Gasteiger partial charge in [-0.2, -0.15) is 31.4 Å². The summed E-state index contributed by atoms with van der Waals surface area (Å²) in [6, 6.07) is -2.18. The third kappa shape index (κ3) is 5.57. The lowest BCUT2D eigenvalue weighted by molar-refractivity contribution is -0.385. The highest BCUT2D eigenvalue weighted by molar-refractivity contribution is 5.80. The first-order chi connectivity index (χ1) is 9.89. The van der Waals surface area contributed by atoms with Crippen molar-refractivity contribution < 1.29 is 36.1 Å². The van der Waals surface area contributed by atoms with E-state index in [0.717, 1.165) is 0 Å². The summed E-state index contributed by atoms with van der Waals surface area (Å²) in [5.41, 5.74) is -0.698. The molecule has 7 nitrogen and oxygen atoms in total. The molecule has 0 fully saturated rings. The first-order valence-electron chi connectivity index (χ1n) is 5.49. The first-order valence-corrected chi connectivity index (χ1v) is 5.49. The minimum atomic E-state index is -4.89. The van der Waals surface area contributed by atoms with Crippen molar-refractivity contribution in [2.24, 2.45) is 0 Å². The van der Waals surface area contributed by atoms with E-state index in [1.54, 1.807) is 0 Å². The summed E-state index contributed by atoms with van der Waals surface area (Å²) in [7, 11) is 0. The molecule has 124 valence electrons. The molecule has 13 heteroatoms. The molecule has 0 bridgehead atoms. The van der Waals surface area contributed by atoms with Gasteiger partial charge in [0.15, 0.2) is 0 Å². The van der Waals surface area contributed by atoms with Crippen molar-refractivity contribution in [3.8, 4) is 0 Å².